The highest BCUT2D eigenvalue weighted by molar-refractivity contribution is 9.10. The van der Waals surface area contributed by atoms with Gasteiger partial charge in [0.2, 0.25) is 5.78 Å². The van der Waals surface area contributed by atoms with Gasteiger partial charge in [0.05, 0.1) is 19.3 Å². The summed E-state index contributed by atoms with van der Waals surface area (Å²) in [6, 6.07) is 8.53. The van der Waals surface area contributed by atoms with Crippen molar-refractivity contribution in [3.05, 3.63) is 57.3 Å². The Kier molecular flexibility index (Phi) is 5.06. The van der Waals surface area contributed by atoms with Gasteiger partial charge in [-0.3, -0.25) is 4.79 Å². The van der Waals surface area contributed by atoms with Gasteiger partial charge in [-0.05, 0) is 30.3 Å². The number of esters is 1. The molecule has 0 atom stereocenters. The van der Waals surface area contributed by atoms with Crippen molar-refractivity contribution >= 4 is 33.8 Å². The third-order valence-electron chi connectivity index (χ3n) is 4.22. The Morgan fingerprint density at radius 1 is 1.29 bits per heavy atom. The number of ether oxygens (including phenoxy) is 5. The minimum absolute atomic E-state index is 0.154. The van der Waals surface area contributed by atoms with E-state index in [0.717, 1.165) is 10.0 Å². The van der Waals surface area contributed by atoms with Gasteiger partial charge in [0.25, 0.3) is 0 Å². The van der Waals surface area contributed by atoms with Gasteiger partial charge < -0.3 is 23.7 Å². The maximum Gasteiger partial charge on any atom is 0.343 e. The van der Waals surface area contributed by atoms with Crippen LogP contribution in [0.2, 0.25) is 0 Å². The Morgan fingerprint density at radius 2 is 2.14 bits per heavy atom. The highest BCUT2D eigenvalue weighted by Crippen LogP contribution is 2.38. The van der Waals surface area contributed by atoms with Crippen LogP contribution in [0.15, 0.2) is 40.6 Å². The number of fused-ring (bicyclic) bond motifs is 2. The zero-order valence-electron chi connectivity index (χ0n) is 14.8. The lowest BCUT2D eigenvalue weighted by Crippen LogP contribution is -2.12. The molecule has 0 aliphatic carbocycles. The van der Waals surface area contributed by atoms with Gasteiger partial charge in [-0.25, -0.2) is 4.79 Å². The first-order chi connectivity index (χ1) is 13.5. The Morgan fingerprint density at radius 3 is 2.96 bits per heavy atom. The van der Waals surface area contributed by atoms with Crippen LogP contribution < -0.4 is 14.2 Å². The zero-order valence-corrected chi connectivity index (χ0v) is 16.4. The van der Waals surface area contributed by atoms with Crippen molar-refractivity contribution in [3.8, 4) is 17.2 Å². The summed E-state index contributed by atoms with van der Waals surface area (Å²) >= 11 is 3.46. The van der Waals surface area contributed by atoms with E-state index >= 15 is 0 Å². The standard InChI is InChI=1S/C20H15BrO7/c1-24-18(22)9-26-14-2-3-15-16(7-14)28-17(19(15)23)6-11-4-13(21)5-12-8-25-10-27-20(11)12/h2-7H,8-10H2,1H3. The molecule has 0 radical (unpaired) electrons. The second-order valence-corrected chi connectivity index (χ2v) is 6.97. The van der Waals surface area contributed by atoms with Gasteiger partial charge in [0.15, 0.2) is 19.2 Å². The molecular formula is C20H15BrO7. The fraction of sp³-hybridized carbons (Fsp3) is 0.200. The van der Waals surface area contributed by atoms with Crippen LogP contribution in [-0.2, 0) is 20.9 Å². The molecule has 4 rings (SSSR count). The fourth-order valence-electron chi connectivity index (χ4n) is 2.92. The van der Waals surface area contributed by atoms with Gasteiger partial charge in [0.1, 0.15) is 17.2 Å². The molecule has 2 aromatic carbocycles. The summed E-state index contributed by atoms with van der Waals surface area (Å²) in [6.45, 7) is 0.358. The second-order valence-electron chi connectivity index (χ2n) is 6.06. The highest BCUT2D eigenvalue weighted by atomic mass is 79.9. The van der Waals surface area contributed by atoms with Crippen LogP contribution in [0, 0.1) is 0 Å². The molecule has 0 aromatic heterocycles. The fourth-order valence-corrected chi connectivity index (χ4v) is 3.44. The molecule has 2 heterocycles. The molecule has 144 valence electrons. The van der Waals surface area contributed by atoms with Crippen LogP contribution in [0.4, 0.5) is 0 Å². The lowest BCUT2D eigenvalue weighted by Gasteiger charge is -2.20. The molecule has 7 nitrogen and oxygen atoms in total. The molecular weight excluding hydrogens is 432 g/mol. The van der Waals surface area contributed by atoms with Gasteiger partial charge >= 0.3 is 5.97 Å². The van der Waals surface area contributed by atoms with Crippen LogP contribution >= 0.6 is 15.9 Å². The smallest absolute Gasteiger partial charge is 0.343 e. The molecule has 0 saturated carbocycles. The number of carbonyl (C=O) groups is 2. The molecule has 28 heavy (non-hydrogen) atoms. The molecule has 0 spiro atoms. The summed E-state index contributed by atoms with van der Waals surface area (Å²) < 4.78 is 27.4. The van der Waals surface area contributed by atoms with E-state index in [4.69, 9.17) is 18.9 Å². The number of rotatable bonds is 4. The maximum atomic E-state index is 12.7. The van der Waals surface area contributed by atoms with E-state index in [1.807, 2.05) is 12.1 Å². The van der Waals surface area contributed by atoms with Crippen molar-refractivity contribution in [2.45, 2.75) is 6.61 Å². The summed E-state index contributed by atoms with van der Waals surface area (Å²) in [6.07, 6.45) is 1.65. The van der Waals surface area contributed by atoms with Crippen LogP contribution in [-0.4, -0.2) is 32.3 Å². The molecule has 0 bridgehead atoms. The minimum atomic E-state index is -0.499. The Hall–Kier alpha value is -2.84. The molecule has 2 aliphatic heterocycles. The van der Waals surface area contributed by atoms with Gasteiger partial charge in [0, 0.05) is 21.7 Å². The van der Waals surface area contributed by atoms with E-state index in [2.05, 4.69) is 20.7 Å². The van der Waals surface area contributed by atoms with Gasteiger partial charge in [-0.15, -0.1) is 0 Å². The zero-order chi connectivity index (χ0) is 19.7. The minimum Gasteiger partial charge on any atom is -0.482 e. The molecule has 0 saturated heterocycles. The average Bonchev–Trinajstić information content (AvgIpc) is 3.00. The van der Waals surface area contributed by atoms with Crippen molar-refractivity contribution in [2.24, 2.45) is 0 Å². The Bertz CT molecular complexity index is 996. The van der Waals surface area contributed by atoms with E-state index < -0.39 is 5.97 Å². The van der Waals surface area contributed by atoms with E-state index in [1.54, 1.807) is 24.3 Å². The van der Waals surface area contributed by atoms with Gasteiger partial charge in [-0.1, -0.05) is 15.9 Å². The highest BCUT2D eigenvalue weighted by Gasteiger charge is 2.28. The Balaban J connectivity index is 1.61. The predicted octanol–water partition coefficient (Wildman–Crippen LogP) is 3.48. The summed E-state index contributed by atoms with van der Waals surface area (Å²) in [5.74, 6) is 0.869. The average molecular weight is 447 g/mol. The summed E-state index contributed by atoms with van der Waals surface area (Å²) in [5, 5.41) is 0. The molecule has 2 aliphatic rings. The first kappa shape index (κ1) is 18.5. The van der Waals surface area contributed by atoms with E-state index in [9.17, 15) is 9.59 Å². The second kappa shape index (κ2) is 7.65. The largest absolute Gasteiger partial charge is 0.482 e. The monoisotopic (exact) mass is 446 g/mol. The molecule has 2 aromatic rings. The number of ketones is 1. The number of allylic oxidation sites excluding steroid dienone is 1. The Labute approximate surface area is 168 Å². The van der Waals surface area contributed by atoms with Crippen LogP contribution in [0.1, 0.15) is 21.5 Å². The van der Waals surface area contributed by atoms with E-state index in [0.29, 0.717) is 35.0 Å². The van der Waals surface area contributed by atoms with Crippen molar-refractivity contribution in [1.82, 2.24) is 0 Å². The summed E-state index contributed by atoms with van der Waals surface area (Å²) in [4.78, 5) is 23.9. The van der Waals surface area contributed by atoms with Crippen molar-refractivity contribution in [3.63, 3.8) is 0 Å². The molecule has 0 fully saturated rings. The SMILES string of the molecule is COC(=O)COc1ccc2c(c1)OC(=Cc1cc(Br)cc3c1OCOC3)C2=O. The van der Waals surface area contributed by atoms with E-state index in [-0.39, 0.29) is 24.9 Å². The first-order valence-electron chi connectivity index (χ1n) is 8.36. The number of hydrogen-bond donors (Lipinski definition) is 0. The molecule has 8 heteroatoms. The third-order valence-corrected chi connectivity index (χ3v) is 4.67. The van der Waals surface area contributed by atoms with Crippen molar-refractivity contribution < 1.29 is 33.3 Å². The predicted molar refractivity (Wildman–Crippen MR) is 101 cm³/mol. The third kappa shape index (κ3) is 3.61. The number of methoxy groups -OCH3 is 1. The van der Waals surface area contributed by atoms with Gasteiger partial charge in [-0.2, -0.15) is 0 Å². The number of benzene rings is 2. The lowest BCUT2D eigenvalue weighted by molar-refractivity contribution is -0.142. The number of Topliss-reactive ketones (excluding diaryl/α,β-unsaturated/α-hetero) is 1. The topological polar surface area (TPSA) is 80.3 Å². The molecule has 0 N–H and O–H groups in total. The van der Waals surface area contributed by atoms with Crippen molar-refractivity contribution in [1.29, 1.82) is 0 Å². The van der Waals surface area contributed by atoms with Crippen molar-refractivity contribution in [2.75, 3.05) is 20.5 Å². The van der Waals surface area contributed by atoms with Crippen LogP contribution in [0.25, 0.3) is 6.08 Å². The normalized spacial score (nSPS) is 16.1. The van der Waals surface area contributed by atoms with E-state index in [1.165, 1.54) is 7.11 Å². The quantitative estimate of drug-likeness (QED) is 0.525. The summed E-state index contributed by atoms with van der Waals surface area (Å²) in [7, 11) is 1.28. The molecule has 0 unspecified atom stereocenters. The van der Waals surface area contributed by atoms with Crippen LogP contribution in [0.3, 0.4) is 0 Å². The first-order valence-corrected chi connectivity index (χ1v) is 9.15. The number of hydrogen-bond acceptors (Lipinski definition) is 7. The molecule has 0 amide bonds. The summed E-state index contributed by atoms with van der Waals surface area (Å²) in [5.41, 5.74) is 2.02. The van der Waals surface area contributed by atoms with Crippen LogP contribution in [0.5, 0.6) is 17.2 Å². The number of halogens is 1. The maximum absolute atomic E-state index is 12.7. The lowest BCUT2D eigenvalue weighted by atomic mass is 10.1. The number of carbonyl (C=O) groups excluding carboxylic acids is 2.